The maximum absolute atomic E-state index is 12.8. The predicted molar refractivity (Wildman–Crippen MR) is 123 cm³/mol. The van der Waals surface area contributed by atoms with Crippen LogP contribution in [-0.4, -0.2) is 23.5 Å². The molecule has 2 heterocycles. The summed E-state index contributed by atoms with van der Waals surface area (Å²) >= 11 is 3.36. The largest absolute Gasteiger partial charge is 0.483 e. The molecule has 4 aliphatic carbocycles. The number of hydrogen-bond donors (Lipinski definition) is 1. The number of nitrogens with one attached hydrogen (secondary N) is 1. The molecule has 0 aliphatic heterocycles. The molecule has 0 spiro atoms. The molecule has 4 nitrogen and oxygen atoms in total. The summed E-state index contributed by atoms with van der Waals surface area (Å²) in [6, 6.07) is 4.35. The molecule has 0 radical (unpaired) electrons. The van der Waals surface area contributed by atoms with Gasteiger partial charge in [-0.05, 0) is 87.0 Å². The Morgan fingerprint density at radius 2 is 1.97 bits per heavy atom. The Bertz CT molecular complexity index is 1100. The first-order valence-electron chi connectivity index (χ1n) is 11.2. The maximum Gasteiger partial charge on any atom is 0.258 e. The van der Waals surface area contributed by atoms with Gasteiger partial charge in [0.1, 0.15) is 5.75 Å². The lowest BCUT2D eigenvalue weighted by molar-refractivity contribution is -0.127. The zero-order valence-electron chi connectivity index (χ0n) is 17.6. The lowest BCUT2D eigenvalue weighted by Gasteiger charge is -2.59. The molecule has 4 fully saturated rings. The molecule has 3 aromatic rings. The highest BCUT2D eigenvalue weighted by molar-refractivity contribution is 7.21. The summed E-state index contributed by atoms with van der Waals surface area (Å²) in [5.41, 5.74) is 1.37. The standard InChI is InChI=1S/C24H28N2O2S2/c1-13(24-9-15-5-16(10-24)7-17(6-15)11-24)25-21(27)12-28-19-8-20-22(26-14(2)30-20)23-18(19)3-4-29-23/h3-4,8,13,15-17H,5-7,9-12H2,1-2H3,(H,25,27). The van der Waals surface area contributed by atoms with Gasteiger partial charge in [-0.3, -0.25) is 4.79 Å². The van der Waals surface area contributed by atoms with Crippen LogP contribution in [0.15, 0.2) is 17.5 Å². The number of amides is 1. The molecule has 1 atom stereocenters. The van der Waals surface area contributed by atoms with Crippen LogP contribution in [0.5, 0.6) is 5.75 Å². The van der Waals surface area contributed by atoms with E-state index < -0.39 is 0 Å². The van der Waals surface area contributed by atoms with E-state index in [0.29, 0.717) is 5.41 Å². The number of fused-ring (bicyclic) bond motifs is 3. The van der Waals surface area contributed by atoms with Crippen LogP contribution in [0.3, 0.4) is 0 Å². The van der Waals surface area contributed by atoms with Crippen molar-refractivity contribution in [3.8, 4) is 5.75 Å². The topological polar surface area (TPSA) is 51.2 Å². The van der Waals surface area contributed by atoms with Crippen molar-refractivity contribution < 1.29 is 9.53 Å². The lowest BCUT2D eigenvalue weighted by atomic mass is 9.48. The van der Waals surface area contributed by atoms with Crippen molar-refractivity contribution in [1.29, 1.82) is 0 Å². The number of hydrogen-bond acceptors (Lipinski definition) is 5. The van der Waals surface area contributed by atoms with Gasteiger partial charge in [0, 0.05) is 17.5 Å². The Morgan fingerprint density at radius 1 is 1.27 bits per heavy atom. The average Bonchev–Trinajstić information content (AvgIpc) is 3.30. The second-order valence-corrected chi connectivity index (χ2v) is 12.1. The second kappa shape index (κ2) is 6.92. The van der Waals surface area contributed by atoms with Gasteiger partial charge in [0.15, 0.2) is 6.61 Å². The molecule has 4 aliphatic rings. The Kier molecular flexibility index (Phi) is 4.40. The van der Waals surface area contributed by atoms with Crippen LogP contribution in [0.25, 0.3) is 20.3 Å². The molecule has 6 heteroatoms. The molecule has 2 aromatic heterocycles. The summed E-state index contributed by atoms with van der Waals surface area (Å²) in [6.07, 6.45) is 8.20. The smallest absolute Gasteiger partial charge is 0.258 e. The molecule has 1 N–H and O–H groups in total. The van der Waals surface area contributed by atoms with Crippen LogP contribution in [0, 0.1) is 30.1 Å². The molecule has 30 heavy (non-hydrogen) atoms. The minimum absolute atomic E-state index is 0.00204. The number of ether oxygens (including phenoxy) is 1. The third-order valence-corrected chi connectivity index (χ3v) is 9.75. The predicted octanol–water partition coefficient (Wildman–Crippen LogP) is 5.92. The van der Waals surface area contributed by atoms with E-state index in [1.54, 1.807) is 22.7 Å². The number of carbonyl (C=O) groups excluding carboxylic acids is 1. The van der Waals surface area contributed by atoms with E-state index in [-0.39, 0.29) is 18.6 Å². The quantitative estimate of drug-likeness (QED) is 0.536. The van der Waals surface area contributed by atoms with E-state index >= 15 is 0 Å². The van der Waals surface area contributed by atoms with Gasteiger partial charge in [0.05, 0.1) is 19.9 Å². The third-order valence-electron chi connectivity index (χ3n) is 7.91. The fourth-order valence-electron chi connectivity index (χ4n) is 6.99. The number of rotatable bonds is 5. The van der Waals surface area contributed by atoms with Crippen molar-refractivity contribution in [2.45, 2.75) is 58.4 Å². The number of thiophene rings is 1. The van der Waals surface area contributed by atoms with Crippen LogP contribution in [0.2, 0.25) is 0 Å². The Morgan fingerprint density at radius 3 is 2.67 bits per heavy atom. The summed E-state index contributed by atoms with van der Waals surface area (Å²) in [5, 5.41) is 7.50. The fourth-order valence-corrected chi connectivity index (χ4v) is 8.83. The highest BCUT2D eigenvalue weighted by atomic mass is 32.1. The minimum atomic E-state index is 0.00204. The molecule has 158 valence electrons. The van der Waals surface area contributed by atoms with E-state index in [1.165, 1.54) is 38.5 Å². The molecule has 4 saturated carbocycles. The molecule has 1 aromatic carbocycles. The number of carbonyl (C=O) groups is 1. The van der Waals surface area contributed by atoms with E-state index in [0.717, 1.165) is 48.8 Å². The summed E-state index contributed by atoms with van der Waals surface area (Å²) in [6.45, 7) is 4.34. The first-order chi connectivity index (χ1) is 14.5. The number of benzene rings is 1. The second-order valence-electron chi connectivity index (χ2n) is 9.98. The van der Waals surface area contributed by atoms with Crippen LogP contribution < -0.4 is 10.1 Å². The molecular formula is C24H28N2O2S2. The molecule has 4 bridgehead atoms. The third kappa shape index (κ3) is 3.06. The Hall–Kier alpha value is -1.66. The van der Waals surface area contributed by atoms with Gasteiger partial charge in [0.25, 0.3) is 5.91 Å². The highest BCUT2D eigenvalue weighted by Gasteiger charge is 2.53. The normalized spacial score (nSPS) is 30.8. The maximum atomic E-state index is 12.8. The van der Waals surface area contributed by atoms with E-state index in [9.17, 15) is 4.79 Å². The van der Waals surface area contributed by atoms with E-state index in [2.05, 4.69) is 28.7 Å². The highest BCUT2D eigenvalue weighted by Crippen LogP contribution is 2.61. The molecule has 1 amide bonds. The van der Waals surface area contributed by atoms with Crippen LogP contribution in [0.4, 0.5) is 0 Å². The van der Waals surface area contributed by atoms with Crippen molar-refractivity contribution in [3.63, 3.8) is 0 Å². The fraction of sp³-hybridized carbons (Fsp3) is 0.583. The summed E-state index contributed by atoms with van der Waals surface area (Å²) in [4.78, 5) is 17.5. The van der Waals surface area contributed by atoms with Crippen LogP contribution in [-0.2, 0) is 4.79 Å². The van der Waals surface area contributed by atoms with Gasteiger partial charge in [-0.15, -0.1) is 22.7 Å². The monoisotopic (exact) mass is 440 g/mol. The SMILES string of the molecule is Cc1nc2c(cc(OCC(=O)NC(C)C34CC5CC(CC(C5)C3)C4)c3ccsc32)s1. The molecule has 1 unspecified atom stereocenters. The van der Waals surface area contributed by atoms with Gasteiger partial charge in [-0.25, -0.2) is 4.98 Å². The van der Waals surface area contributed by atoms with Crippen molar-refractivity contribution in [3.05, 3.63) is 22.5 Å². The molecular weight excluding hydrogens is 412 g/mol. The zero-order chi connectivity index (χ0) is 20.5. The zero-order valence-corrected chi connectivity index (χ0v) is 19.2. The van der Waals surface area contributed by atoms with Gasteiger partial charge < -0.3 is 10.1 Å². The average molecular weight is 441 g/mol. The Labute approximate surface area is 185 Å². The van der Waals surface area contributed by atoms with Gasteiger partial charge in [0.2, 0.25) is 0 Å². The Balaban J connectivity index is 1.16. The van der Waals surface area contributed by atoms with Crippen molar-refractivity contribution in [1.82, 2.24) is 10.3 Å². The first kappa shape index (κ1) is 19.1. The van der Waals surface area contributed by atoms with Crippen LogP contribution in [0.1, 0.15) is 50.5 Å². The lowest BCUT2D eigenvalue weighted by Crippen LogP contribution is -2.56. The van der Waals surface area contributed by atoms with Crippen molar-refractivity contribution in [2.75, 3.05) is 6.61 Å². The minimum Gasteiger partial charge on any atom is -0.483 e. The summed E-state index contributed by atoms with van der Waals surface area (Å²) < 4.78 is 8.32. The molecule has 7 rings (SSSR count). The summed E-state index contributed by atoms with van der Waals surface area (Å²) in [5.74, 6) is 3.48. The number of nitrogens with zero attached hydrogens (tertiary/aromatic N) is 1. The van der Waals surface area contributed by atoms with Gasteiger partial charge in [-0.1, -0.05) is 0 Å². The van der Waals surface area contributed by atoms with Crippen LogP contribution >= 0.6 is 22.7 Å². The summed E-state index contributed by atoms with van der Waals surface area (Å²) in [7, 11) is 0. The van der Waals surface area contributed by atoms with Gasteiger partial charge in [-0.2, -0.15) is 0 Å². The van der Waals surface area contributed by atoms with E-state index in [1.807, 2.05) is 13.0 Å². The van der Waals surface area contributed by atoms with Gasteiger partial charge >= 0.3 is 0 Å². The first-order valence-corrected chi connectivity index (χ1v) is 12.9. The number of aromatic nitrogens is 1. The molecule has 0 saturated heterocycles. The van der Waals surface area contributed by atoms with E-state index in [4.69, 9.17) is 4.74 Å². The number of thiazole rings is 1. The number of aryl methyl sites for hydroxylation is 1. The van der Waals surface area contributed by atoms with Crippen molar-refractivity contribution in [2.24, 2.45) is 23.2 Å². The van der Waals surface area contributed by atoms with Crippen molar-refractivity contribution >= 4 is 48.9 Å².